The van der Waals surface area contributed by atoms with Gasteiger partial charge in [0.15, 0.2) is 5.60 Å². The first kappa shape index (κ1) is 21.9. The van der Waals surface area contributed by atoms with Gasteiger partial charge in [-0.05, 0) is 55.3 Å². The van der Waals surface area contributed by atoms with E-state index in [1.165, 1.54) is 6.92 Å². The van der Waals surface area contributed by atoms with Gasteiger partial charge in [0, 0.05) is 0 Å². The van der Waals surface area contributed by atoms with Crippen molar-refractivity contribution in [3.8, 4) is 0 Å². The Morgan fingerprint density at radius 2 is 2.07 bits per heavy atom. The van der Waals surface area contributed by atoms with E-state index < -0.39 is 35.1 Å². The Labute approximate surface area is 168 Å². The first-order valence-electron chi connectivity index (χ1n) is 9.99. The molecule has 2 saturated carbocycles. The summed E-state index contributed by atoms with van der Waals surface area (Å²) in [7, 11) is 0. The van der Waals surface area contributed by atoms with Crippen LogP contribution in [0.15, 0.2) is 23.8 Å². The lowest BCUT2D eigenvalue weighted by atomic mass is 9.48. The highest BCUT2D eigenvalue weighted by molar-refractivity contribution is 5.92. The van der Waals surface area contributed by atoms with Crippen LogP contribution in [0.4, 0.5) is 13.2 Å². The minimum atomic E-state index is -4.67. The second kappa shape index (κ2) is 7.45. The summed E-state index contributed by atoms with van der Waals surface area (Å²) in [6, 6.07) is -0.513. The molecule has 0 aromatic heterocycles. The van der Waals surface area contributed by atoms with Gasteiger partial charge in [0.05, 0.1) is 11.6 Å². The lowest BCUT2D eigenvalue weighted by Gasteiger charge is -2.58. The molecule has 0 bridgehead atoms. The first-order valence-corrected chi connectivity index (χ1v) is 9.99. The average molecular weight is 415 g/mol. The van der Waals surface area contributed by atoms with E-state index in [4.69, 9.17) is 4.74 Å². The van der Waals surface area contributed by atoms with Crippen LogP contribution < -0.4 is 5.32 Å². The largest absolute Gasteiger partial charge is 0.460 e. The Hall–Kier alpha value is -1.83. The van der Waals surface area contributed by atoms with Crippen molar-refractivity contribution in [2.45, 2.75) is 63.8 Å². The molecule has 3 aliphatic rings. The second-order valence-electron chi connectivity index (χ2n) is 8.90. The topological polar surface area (TPSA) is 75.6 Å². The highest BCUT2D eigenvalue weighted by Gasteiger charge is 2.65. The summed E-state index contributed by atoms with van der Waals surface area (Å²) in [5.74, 6) is -1.84. The molecule has 1 saturated heterocycles. The third-order valence-corrected chi connectivity index (χ3v) is 7.64. The summed E-state index contributed by atoms with van der Waals surface area (Å²) >= 11 is 0. The van der Waals surface area contributed by atoms with Gasteiger partial charge < -0.3 is 15.2 Å². The van der Waals surface area contributed by atoms with Crippen LogP contribution in [0.3, 0.4) is 0 Å². The number of esters is 1. The van der Waals surface area contributed by atoms with Gasteiger partial charge in [0.1, 0.15) is 6.61 Å². The molecule has 8 heteroatoms. The number of allylic oxidation sites excluding steroid dienone is 2. The number of rotatable bonds is 4. The zero-order valence-corrected chi connectivity index (χ0v) is 16.7. The zero-order valence-electron chi connectivity index (χ0n) is 16.7. The molecule has 0 radical (unpaired) electrons. The van der Waals surface area contributed by atoms with Gasteiger partial charge in [-0.15, -0.1) is 0 Å². The summed E-state index contributed by atoms with van der Waals surface area (Å²) in [5, 5.41) is 13.0. The number of alkyl halides is 3. The summed E-state index contributed by atoms with van der Waals surface area (Å²) < 4.78 is 45.7. The van der Waals surface area contributed by atoms with E-state index >= 15 is 0 Å². The number of aliphatic hydroxyl groups is 1. The second-order valence-corrected chi connectivity index (χ2v) is 8.90. The molecule has 5 nitrogen and oxygen atoms in total. The quantitative estimate of drug-likeness (QED) is 0.320. The van der Waals surface area contributed by atoms with Crippen molar-refractivity contribution in [3.63, 3.8) is 0 Å². The van der Waals surface area contributed by atoms with Crippen LogP contribution in [0.5, 0.6) is 0 Å². The molecule has 2 N–H and O–H groups in total. The summed E-state index contributed by atoms with van der Waals surface area (Å²) in [6.45, 7) is 7.71. The zero-order chi connectivity index (χ0) is 21.6. The molecular weight excluding hydrogens is 387 g/mol. The average Bonchev–Trinajstić information content (AvgIpc) is 2.97. The van der Waals surface area contributed by atoms with E-state index in [1.807, 2.05) is 6.92 Å². The molecule has 29 heavy (non-hydrogen) atoms. The number of halogens is 3. The van der Waals surface area contributed by atoms with Crippen LogP contribution in [0.2, 0.25) is 0 Å². The molecule has 1 unspecified atom stereocenters. The molecule has 0 spiro atoms. The highest BCUT2D eigenvalue weighted by atomic mass is 19.4. The van der Waals surface area contributed by atoms with Crippen LogP contribution in [0.1, 0.15) is 46.0 Å². The number of ether oxygens (including phenoxy) is 1. The molecule has 0 aromatic rings. The molecule has 3 rings (SSSR count). The number of nitrogens with one attached hydrogen (secondary N) is 1. The van der Waals surface area contributed by atoms with Crippen LogP contribution >= 0.6 is 0 Å². The minimum absolute atomic E-state index is 0.0740. The highest BCUT2D eigenvalue weighted by Crippen LogP contribution is 2.62. The normalized spacial score (nSPS) is 41.8. The third kappa shape index (κ3) is 3.49. The maximum Gasteiger partial charge on any atom is 0.417 e. The van der Waals surface area contributed by atoms with Crippen molar-refractivity contribution >= 4 is 12.4 Å². The number of carbonyl (C=O) groups excluding carboxylic acids is 2. The molecule has 2 aliphatic carbocycles. The predicted molar refractivity (Wildman–Crippen MR) is 99.5 cm³/mol. The van der Waals surface area contributed by atoms with E-state index in [9.17, 15) is 27.9 Å². The maximum absolute atomic E-state index is 13.6. The van der Waals surface area contributed by atoms with Gasteiger partial charge in [-0.1, -0.05) is 32.1 Å². The van der Waals surface area contributed by atoms with Crippen LogP contribution in [0, 0.1) is 23.2 Å². The summed E-state index contributed by atoms with van der Waals surface area (Å²) in [4.78, 5) is 22.8. The van der Waals surface area contributed by atoms with Crippen molar-refractivity contribution in [1.29, 1.82) is 0 Å². The Morgan fingerprint density at radius 3 is 2.69 bits per heavy atom. The molecule has 1 aliphatic heterocycles. The third-order valence-electron chi connectivity index (χ3n) is 7.64. The van der Waals surface area contributed by atoms with Crippen molar-refractivity contribution in [3.05, 3.63) is 23.8 Å². The number of carbonyl (C=O) groups is 2. The van der Waals surface area contributed by atoms with Crippen molar-refractivity contribution in [2.24, 2.45) is 23.2 Å². The SMILES string of the molecule is C=C1CC[C@@H]2[C@@H](C)[C@](O)(C(F)(F)F)CC[C@@]2(C)[C@@H]1C/C=C1/C(=O)OCC1NC=O. The molecule has 3 fully saturated rings. The van der Waals surface area contributed by atoms with Gasteiger partial charge in [0.2, 0.25) is 6.41 Å². The smallest absolute Gasteiger partial charge is 0.417 e. The number of cyclic esters (lactones) is 1. The fourth-order valence-electron chi connectivity index (χ4n) is 5.77. The lowest BCUT2D eigenvalue weighted by molar-refractivity contribution is -0.306. The van der Waals surface area contributed by atoms with Crippen molar-refractivity contribution in [1.82, 2.24) is 5.32 Å². The maximum atomic E-state index is 13.6. The predicted octanol–water partition coefficient (Wildman–Crippen LogP) is 3.29. The molecule has 0 aromatic carbocycles. The summed E-state index contributed by atoms with van der Waals surface area (Å²) in [5.41, 5.74) is -1.81. The monoisotopic (exact) mass is 415 g/mol. The summed E-state index contributed by atoms with van der Waals surface area (Å²) in [6.07, 6.45) is -0.960. The van der Waals surface area contributed by atoms with Crippen LogP contribution in [-0.2, 0) is 14.3 Å². The van der Waals surface area contributed by atoms with E-state index in [0.717, 1.165) is 5.57 Å². The minimum Gasteiger partial charge on any atom is -0.460 e. The number of hydrogen-bond donors (Lipinski definition) is 2. The van der Waals surface area contributed by atoms with Crippen LogP contribution in [0.25, 0.3) is 0 Å². The van der Waals surface area contributed by atoms with Gasteiger partial charge in [0.25, 0.3) is 0 Å². The van der Waals surface area contributed by atoms with E-state index in [2.05, 4.69) is 11.9 Å². The van der Waals surface area contributed by atoms with Gasteiger partial charge in [-0.25, -0.2) is 4.79 Å². The number of hydrogen-bond acceptors (Lipinski definition) is 4. The fourth-order valence-corrected chi connectivity index (χ4v) is 5.77. The van der Waals surface area contributed by atoms with Gasteiger partial charge in [-0.2, -0.15) is 13.2 Å². The molecule has 1 amide bonds. The molecular formula is C21H28F3NO4. The van der Waals surface area contributed by atoms with E-state index in [0.29, 0.717) is 31.2 Å². The van der Waals surface area contributed by atoms with Gasteiger partial charge in [-0.3, -0.25) is 4.79 Å². The molecule has 6 atom stereocenters. The molecule has 1 heterocycles. The van der Waals surface area contributed by atoms with Crippen LogP contribution in [-0.4, -0.2) is 41.9 Å². The lowest BCUT2D eigenvalue weighted by Crippen LogP contribution is -2.61. The van der Waals surface area contributed by atoms with Crippen molar-refractivity contribution < 1.29 is 32.6 Å². The standard InChI is InChI=1S/C21H28F3NO4/c1-12-4-6-16-13(2)20(28,21(22,23)24)9-8-19(16,3)15(12)7-5-14-17(25-11-26)10-29-18(14)27/h5,11,13,15-17,28H,1,4,6-10H2,2-3H3,(H,25,26)/b14-5+/t13-,15-,16-,17?,19+,20+/m1/s1. The Morgan fingerprint density at radius 1 is 1.38 bits per heavy atom. The first-order chi connectivity index (χ1) is 13.5. The molecule has 162 valence electrons. The number of fused-ring (bicyclic) bond motifs is 1. The Balaban J connectivity index is 1.87. The van der Waals surface area contributed by atoms with E-state index in [1.54, 1.807) is 6.08 Å². The number of amides is 1. The Kier molecular flexibility index (Phi) is 5.62. The Bertz CT molecular complexity index is 734. The van der Waals surface area contributed by atoms with E-state index in [-0.39, 0.29) is 31.3 Å². The fraction of sp³-hybridized carbons (Fsp3) is 0.714. The van der Waals surface area contributed by atoms with Crippen molar-refractivity contribution in [2.75, 3.05) is 6.61 Å². The van der Waals surface area contributed by atoms with Gasteiger partial charge >= 0.3 is 12.1 Å².